The Morgan fingerprint density at radius 1 is 0.296 bits per heavy atom. The van der Waals surface area contributed by atoms with E-state index in [0.29, 0.717) is 12.8 Å². The van der Waals surface area contributed by atoms with Crippen molar-refractivity contribution in [3.63, 3.8) is 0 Å². The number of rotatable bonds is 51. The molecule has 0 heterocycles. The van der Waals surface area contributed by atoms with Crippen LogP contribution in [0.4, 0.5) is 0 Å². The van der Waals surface area contributed by atoms with Crippen molar-refractivity contribution in [1.29, 1.82) is 0 Å². The van der Waals surface area contributed by atoms with E-state index < -0.39 is 6.10 Å². The number of hydrogen-bond acceptors (Lipinski definition) is 6. The molecule has 402 valence electrons. The van der Waals surface area contributed by atoms with Crippen LogP contribution in [0.3, 0.4) is 0 Å². The van der Waals surface area contributed by atoms with E-state index in [2.05, 4.69) is 136 Å². The highest BCUT2D eigenvalue weighted by atomic mass is 16.6. The molecule has 0 aliphatic carbocycles. The van der Waals surface area contributed by atoms with Gasteiger partial charge in [0, 0.05) is 19.3 Å². The van der Waals surface area contributed by atoms with Crippen LogP contribution in [0, 0.1) is 0 Å². The van der Waals surface area contributed by atoms with Crippen LogP contribution >= 0.6 is 0 Å². The fraction of sp³-hybridized carbons (Fsp3) is 0.646. The fourth-order valence-electron chi connectivity index (χ4n) is 7.59. The van der Waals surface area contributed by atoms with E-state index in [9.17, 15) is 14.4 Å². The molecular weight excluding hydrogens is 877 g/mol. The van der Waals surface area contributed by atoms with Gasteiger partial charge in [-0.25, -0.2) is 0 Å². The first-order chi connectivity index (χ1) is 35.0. The van der Waals surface area contributed by atoms with E-state index in [1.807, 2.05) is 6.08 Å². The molecule has 71 heavy (non-hydrogen) atoms. The summed E-state index contributed by atoms with van der Waals surface area (Å²) in [6, 6.07) is 0. The average molecular weight is 984 g/mol. The van der Waals surface area contributed by atoms with Gasteiger partial charge >= 0.3 is 17.9 Å². The van der Waals surface area contributed by atoms with Crippen molar-refractivity contribution in [2.24, 2.45) is 0 Å². The lowest BCUT2D eigenvalue weighted by molar-refractivity contribution is -0.166. The van der Waals surface area contributed by atoms with Crippen molar-refractivity contribution >= 4 is 17.9 Å². The van der Waals surface area contributed by atoms with Gasteiger partial charge in [0.05, 0.1) is 0 Å². The van der Waals surface area contributed by atoms with E-state index in [1.54, 1.807) is 0 Å². The number of carbonyl (C=O) groups excluding carboxylic acids is 3. The molecule has 0 aromatic carbocycles. The molecule has 0 radical (unpaired) electrons. The zero-order chi connectivity index (χ0) is 51.4. The van der Waals surface area contributed by atoms with Gasteiger partial charge in [-0.1, -0.05) is 232 Å². The maximum atomic E-state index is 12.8. The molecule has 0 saturated carbocycles. The number of unbranched alkanes of at least 4 members (excludes halogenated alkanes) is 20. The second-order valence-electron chi connectivity index (χ2n) is 18.8. The minimum Gasteiger partial charge on any atom is -0.462 e. The summed E-state index contributed by atoms with van der Waals surface area (Å²) < 4.78 is 16.8. The first-order valence-corrected chi connectivity index (χ1v) is 29.0. The Bertz CT molecular complexity index is 1500. The first kappa shape index (κ1) is 66.8. The van der Waals surface area contributed by atoms with Gasteiger partial charge in [0.15, 0.2) is 6.10 Å². The molecule has 0 unspecified atom stereocenters. The van der Waals surface area contributed by atoms with Crippen LogP contribution in [-0.4, -0.2) is 37.2 Å². The van der Waals surface area contributed by atoms with Crippen molar-refractivity contribution in [1.82, 2.24) is 0 Å². The van der Waals surface area contributed by atoms with E-state index in [1.165, 1.54) is 96.3 Å². The molecular formula is C65H106O6. The van der Waals surface area contributed by atoms with Gasteiger partial charge in [0.25, 0.3) is 0 Å². The Kier molecular flexibility index (Phi) is 54.9. The molecule has 1 atom stereocenters. The summed E-state index contributed by atoms with van der Waals surface area (Å²) in [7, 11) is 0. The van der Waals surface area contributed by atoms with E-state index in [-0.39, 0.29) is 44.0 Å². The lowest BCUT2D eigenvalue weighted by Crippen LogP contribution is -2.30. The largest absolute Gasteiger partial charge is 0.462 e. The zero-order valence-electron chi connectivity index (χ0n) is 45.9. The van der Waals surface area contributed by atoms with Gasteiger partial charge in [-0.2, -0.15) is 0 Å². The number of allylic oxidation sites excluding steroid dienone is 20. The molecule has 0 aromatic heterocycles. The van der Waals surface area contributed by atoms with Crippen LogP contribution < -0.4 is 0 Å². The number of esters is 3. The van der Waals surface area contributed by atoms with E-state index in [4.69, 9.17) is 14.2 Å². The van der Waals surface area contributed by atoms with Gasteiger partial charge in [-0.15, -0.1) is 0 Å². The zero-order valence-corrected chi connectivity index (χ0v) is 45.9. The second kappa shape index (κ2) is 58.4. The molecule has 0 saturated heterocycles. The number of ether oxygens (including phenoxy) is 3. The third-order valence-corrected chi connectivity index (χ3v) is 11.9. The third kappa shape index (κ3) is 56.6. The van der Waals surface area contributed by atoms with Gasteiger partial charge in [0.1, 0.15) is 13.2 Å². The molecule has 0 fully saturated rings. The van der Waals surface area contributed by atoms with Gasteiger partial charge in [-0.05, 0) is 122 Å². The molecule has 0 amide bonds. The lowest BCUT2D eigenvalue weighted by atomic mass is 10.1. The SMILES string of the molecule is CC/C=C\C/C=C\C/C=C\CCCCCCCC(=O)O[C@H](COC(=O)CC/C=C\C/C=C\C/C=C\C/C=C\C/C=C\CCCCC)COC(=O)CCCCCCCCCCC/C=C\C/C=C\CCCCC. The Morgan fingerprint density at radius 2 is 0.577 bits per heavy atom. The topological polar surface area (TPSA) is 78.9 Å². The highest BCUT2D eigenvalue weighted by molar-refractivity contribution is 5.71. The molecule has 0 bridgehead atoms. The number of carbonyl (C=O) groups is 3. The van der Waals surface area contributed by atoms with E-state index >= 15 is 0 Å². The van der Waals surface area contributed by atoms with Gasteiger partial charge < -0.3 is 14.2 Å². The summed E-state index contributed by atoms with van der Waals surface area (Å²) in [5, 5.41) is 0. The molecule has 0 N–H and O–H groups in total. The Labute approximate surface area is 437 Å². The van der Waals surface area contributed by atoms with Crippen molar-refractivity contribution in [3.8, 4) is 0 Å². The highest BCUT2D eigenvalue weighted by Gasteiger charge is 2.19. The summed E-state index contributed by atoms with van der Waals surface area (Å²) in [6.45, 7) is 6.39. The molecule has 0 aliphatic heterocycles. The summed E-state index contributed by atoms with van der Waals surface area (Å²) in [4.78, 5) is 38.2. The summed E-state index contributed by atoms with van der Waals surface area (Å²) in [5.74, 6) is -1.02. The van der Waals surface area contributed by atoms with Gasteiger partial charge in [-0.3, -0.25) is 14.4 Å². The van der Waals surface area contributed by atoms with Crippen LogP contribution in [0.25, 0.3) is 0 Å². The van der Waals surface area contributed by atoms with Crippen LogP contribution in [-0.2, 0) is 28.6 Å². The first-order valence-electron chi connectivity index (χ1n) is 29.0. The molecule has 6 nitrogen and oxygen atoms in total. The minimum absolute atomic E-state index is 0.113. The Hall–Kier alpha value is -4.19. The number of hydrogen-bond donors (Lipinski definition) is 0. The van der Waals surface area contributed by atoms with Crippen LogP contribution in [0.2, 0.25) is 0 Å². The second-order valence-corrected chi connectivity index (χ2v) is 18.8. The molecule has 6 heteroatoms. The molecule has 0 aliphatic rings. The van der Waals surface area contributed by atoms with Gasteiger partial charge in [0.2, 0.25) is 0 Å². The highest BCUT2D eigenvalue weighted by Crippen LogP contribution is 2.14. The standard InChI is InChI=1S/C65H106O6/c1-4-7-10-13-16-19-22-25-28-30-32-34-37-39-42-45-48-51-54-57-63(66)69-60-62(71-65(68)59-56-53-50-47-44-41-36-27-24-21-18-15-12-9-6-3)61-70-64(67)58-55-52-49-46-43-40-38-35-33-31-29-26-23-20-17-14-11-8-5-2/h9,12,16-21,25-29,32,34,36,39,42,48,51,62H,4-8,10-11,13-15,22-24,30-31,33,35,37-38,40-41,43-47,49-50,52-61H2,1-3H3/b12-9-,19-16-,20-17-,21-18-,28-25-,29-26-,34-32-,36-27-,42-39-,51-48-/t62-/m1/s1. The lowest BCUT2D eigenvalue weighted by Gasteiger charge is -2.18. The molecule has 0 spiro atoms. The predicted molar refractivity (Wildman–Crippen MR) is 306 cm³/mol. The summed E-state index contributed by atoms with van der Waals surface area (Å²) in [6.07, 6.45) is 80.5. The monoisotopic (exact) mass is 983 g/mol. The van der Waals surface area contributed by atoms with Crippen LogP contribution in [0.5, 0.6) is 0 Å². The predicted octanol–water partition coefficient (Wildman–Crippen LogP) is 19.6. The maximum Gasteiger partial charge on any atom is 0.306 e. The summed E-state index contributed by atoms with van der Waals surface area (Å²) >= 11 is 0. The quantitative estimate of drug-likeness (QED) is 0.0261. The minimum atomic E-state index is -0.823. The fourth-order valence-corrected chi connectivity index (χ4v) is 7.59. The normalized spacial score (nSPS) is 13.0. The van der Waals surface area contributed by atoms with Crippen molar-refractivity contribution in [2.75, 3.05) is 13.2 Å². The third-order valence-electron chi connectivity index (χ3n) is 11.9. The maximum absolute atomic E-state index is 12.8. The Morgan fingerprint density at radius 3 is 0.944 bits per heavy atom. The van der Waals surface area contributed by atoms with Crippen molar-refractivity contribution in [3.05, 3.63) is 122 Å². The van der Waals surface area contributed by atoms with Crippen LogP contribution in [0.15, 0.2) is 122 Å². The van der Waals surface area contributed by atoms with Crippen molar-refractivity contribution in [2.45, 2.75) is 258 Å². The Balaban J connectivity index is 4.52. The smallest absolute Gasteiger partial charge is 0.306 e. The molecule has 0 aromatic rings. The average Bonchev–Trinajstić information content (AvgIpc) is 3.37. The van der Waals surface area contributed by atoms with Crippen LogP contribution in [0.1, 0.15) is 252 Å². The summed E-state index contributed by atoms with van der Waals surface area (Å²) in [5.41, 5.74) is 0. The van der Waals surface area contributed by atoms with E-state index in [0.717, 1.165) is 109 Å². The molecule has 0 rings (SSSR count). The van der Waals surface area contributed by atoms with Crippen molar-refractivity contribution < 1.29 is 28.6 Å².